The summed E-state index contributed by atoms with van der Waals surface area (Å²) < 4.78 is 54.4. The monoisotopic (exact) mass is 567 g/mol. The summed E-state index contributed by atoms with van der Waals surface area (Å²) >= 11 is 5.74. The van der Waals surface area contributed by atoms with E-state index in [1.54, 1.807) is 22.9 Å². The van der Waals surface area contributed by atoms with Crippen LogP contribution in [0.15, 0.2) is 35.6 Å². The Balaban J connectivity index is 1.60. The van der Waals surface area contributed by atoms with E-state index in [4.69, 9.17) is 21.7 Å². The van der Waals surface area contributed by atoms with E-state index in [1.165, 1.54) is 12.1 Å². The zero-order valence-corrected chi connectivity index (χ0v) is 23.8. The number of nitrogens with zero attached hydrogens (tertiary/aromatic N) is 4. The largest absolute Gasteiger partial charge is 0.379 e. The van der Waals surface area contributed by atoms with Crippen LogP contribution in [0.25, 0.3) is 0 Å². The molecule has 1 aromatic heterocycles. The standard InChI is InChI=1S/C26H38FN5O4S2/c1-20(2)29-25(37)31(10-9-30-11-14-35-15-12-30)17-22-16-28-26(32(22)18-23-7-5-13-36-23)38(33,34)19-21-6-3-4-8-24(21)27/h3-4,6,8,16,20,23H,5,7,9-15,17-19H2,1-2H3,(H,29,37). The molecular weight excluding hydrogens is 529 g/mol. The molecule has 0 bridgehead atoms. The molecule has 2 aromatic rings. The fourth-order valence-corrected chi connectivity index (χ4v) is 6.62. The van der Waals surface area contributed by atoms with E-state index in [0.717, 1.165) is 38.2 Å². The first kappa shape index (κ1) is 28.9. The molecule has 1 N–H and O–H groups in total. The number of sulfone groups is 1. The number of rotatable bonds is 11. The van der Waals surface area contributed by atoms with E-state index >= 15 is 0 Å². The zero-order chi connectivity index (χ0) is 27.1. The molecule has 12 heteroatoms. The van der Waals surface area contributed by atoms with Crippen molar-refractivity contribution in [2.45, 2.75) is 62.8 Å². The van der Waals surface area contributed by atoms with Gasteiger partial charge in [0.1, 0.15) is 5.82 Å². The van der Waals surface area contributed by atoms with Crippen molar-refractivity contribution >= 4 is 27.2 Å². The third-order valence-electron chi connectivity index (χ3n) is 6.74. The molecule has 0 amide bonds. The van der Waals surface area contributed by atoms with Crippen molar-refractivity contribution in [3.8, 4) is 0 Å². The van der Waals surface area contributed by atoms with Gasteiger partial charge in [-0.25, -0.2) is 17.8 Å². The predicted molar refractivity (Wildman–Crippen MR) is 147 cm³/mol. The summed E-state index contributed by atoms with van der Waals surface area (Å²) in [5.41, 5.74) is 0.845. The van der Waals surface area contributed by atoms with Crippen LogP contribution in [0, 0.1) is 5.82 Å². The lowest BCUT2D eigenvalue weighted by Gasteiger charge is -2.32. The second kappa shape index (κ2) is 13.3. The Morgan fingerprint density at radius 2 is 2.03 bits per heavy atom. The number of imidazole rings is 1. The number of hydrogen-bond acceptors (Lipinski definition) is 7. The second-order valence-electron chi connectivity index (χ2n) is 10.1. The predicted octanol–water partition coefficient (Wildman–Crippen LogP) is 2.59. The van der Waals surface area contributed by atoms with Crippen LogP contribution < -0.4 is 5.32 Å². The van der Waals surface area contributed by atoms with Gasteiger partial charge in [0.15, 0.2) is 5.11 Å². The van der Waals surface area contributed by atoms with Crippen molar-refractivity contribution in [2.24, 2.45) is 0 Å². The van der Waals surface area contributed by atoms with Gasteiger partial charge in [-0.1, -0.05) is 18.2 Å². The Kier molecular flexibility index (Phi) is 10.1. The molecule has 3 heterocycles. The summed E-state index contributed by atoms with van der Waals surface area (Å²) in [7, 11) is -3.92. The number of thiocarbonyl (C=S) groups is 1. The van der Waals surface area contributed by atoms with Gasteiger partial charge >= 0.3 is 0 Å². The molecule has 2 aliphatic heterocycles. The van der Waals surface area contributed by atoms with E-state index in [9.17, 15) is 12.8 Å². The average Bonchev–Trinajstić information content (AvgIpc) is 3.54. The van der Waals surface area contributed by atoms with Gasteiger partial charge in [-0.2, -0.15) is 0 Å². The van der Waals surface area contributed by atoms with Crippen LogP contribution in [0.1, 0.15) is 37.9 Å². The molecule has 38 heavy (non-hydrogen) atoms. The summed E-state index contributed by atoms with van der Waals surface area (Å²) in [6.45, 7) is 10.1. The maximum atomic E-state index is 14.3. The van der Waals surface area contributed by atoms with Crippen molar-refractivity contribution in [1.29, 1.82) is 0 Å². The van der Waals surface area contributed by atoms with Crippen molar-refractivity contribution in [3.63, 3.8) is 0 Å². The van der Waals surface area contributed by atoms with Gasteiger partial charge in [-0.3, -0.25) is 4.90 Å². The maximum Gasteiger partial charge on any atom is 0.228 e. The smallest absolute Gasteiger partial charge is 0.228 e. The van der Waals surface area contributed by atoms with E-state index in [2.05, 4.69) is 20.1 Å². The van der Waals surface area contributed by atoms with Gasteiger partial charge in [-0.05, 0) is 45.0 Å². The molecule has 0 radical (unpaired) electrons. The Hall–Kier alpha value is -2.12. The van der Waals surface area contributed by atoms with Gasteiger partial charge in [0, 0.05) is 44.4 Å². The lowest BCUT2D eigenvalue weighted by Crippen LogP contribution is -2.47. The van der Waals surface area contributed by atoms with Crippen molar-refractivity contribution in [1.82, 2.24) is 24.7 Å². The van der Waals surface area contributed by atoms with Gasteiger partial charge in [-0.15, -0.1) is 0 Å². The van der Waals surface area contributed by atoms with Crippen molar-refractivity contribution < 1.29 is 22.3 Å². The van der Waals surface area contributed by atoms with E-state index in [-0.39, 0.29) is 22.9 Å². The summed E-state index contributed by atoms with van der Waals surface area (Å²) in [6.07, 6.45) is 3.27. The molecule has 0 aliphatic carbocycles. The number of hydrogen-bond donors (Lipinski definition) is 1. The Bertz CT molecular complexity index is 1180. The molecule has 210 valence electrons. The molecular formula is C26H38FN5O4S2. The zero-order valence-electron chi connectivity index (χ0n) is 22.1. The van der Waals surface area contributed by atoms with E-state index in [1.807, 2.05) is 13.8 Å². The van der Waals surface area contributed by atoms with E-state index in [0.29, 0.717) is 44.6 Å². The highest BCUT2D eigenvalue weighted by Crippen LogP contribution is 2.23. The number of benzene rings is 1. The van der Waals surface area contributed by atoms with Crippen LogP contribution in [0.5, 0.6) is 0 Å². The van der Waals surface area contributed by atoms with Crippen LogP contribution >= 0.6 is 12.2 Å². The van der Waals surface area contributed by atoms with Crippen LogP contribution in [-0.2, 0) is 38.2 Å². The summed E-state index contributed by atoms with van der Waals surface area (Å²) in [5, 5.41) is 3.86. The number of nitrogens with one attached hydrogen (secondary N) is 1. The Morgan fingerprint density at radius 1 is 1.26 bits per heavy atom. The molecule has 2 saturated heterocycles. The highest BCUT2D eigenvalue weighted by Gasteiger charge is 2.29. The topological polar surface area (TPSA) is 88.9 Å². The average molecular weight is 568 g/mol. The van der Waals surface area contributed by atoms with E-state index < -0.39 is 21.4 Å². The minimum absolute atomic E-state index is 0.0675. The number of morpholine rings is 1. The fourth-order valence-electron chi connectivity index (χ4n) is 4.71. The van der Waals surface area contributed by atoms with Crippen LogP contribution in [0.3, 0.4) is 0 Å². The first-order valence-corrected chi connectivity index (χ1v) is 15.3. The first-order chi connectivity index (χ1) is 18.2. The lowest BCUT2D eigenvalue weighted by molar-refractivity contribution is 0.0356. The van der Waals surface area contributed by atoms with Gasteiger partial charge in [0.25, 0.3) is 0 Å². The van der Waals surface area contributed by atoms with Gasteiger partial charge < -0.3 is 24.3 Å². The number of aromatic nitrogens is 2. The Morgan fingerprint density at radius 3 is 2.71 bits per heavy atom. The fraction of sp³-hybridized carbons (Fsp3) is 0.615. The van der Waals surface area contributed by atoms with Crippen molar-refractivity contribution in [2.75, 3.05) is 46.0 Å². The lowest BCUT2D eigenvalue weighted by atomic mass is 10.2. The highest BCUT2D eigenvalue weighted by molar-refractivity contribution is 7.90. The molecule has 9 nitrogen and oxygen atoms in total. The minimum atomic E-state index is -3.92. The van der Waals surface area contributed by atoms with Crippen molar-refractivity contribution in [3.05, 3.63) is 47.5 Å². The number of ether oxygens (including phenoxy) is 2. The quantitative estimate of drug-likeness (QED) is 0.412. The molecule has 2 aliphatic rings. The van der Waals surface area contributed by atoms with Crippen LogP contribution in [0.2, 0.25) is 0 Å². The molecule has 1 aromatic carbocycles. The molecule has 0 saturated carbocycles. The summed E-state index contributed by atoms with van der Waals surface area (Å²) in [5.74, 6) is -1.01. The van der Waals surface area contributed by atoms with Crippen LogP contribution in [-0.4, -0.2) is 91.0 Å². The summed E-state index contributed by atoms with van der Waals surface area (Å²) in [4.78, 5) is 8.75. The molecule has 1 atom stereocenters. The highest BCUT2D eigenvalue weighted by atomic mass is 32.2. The molecule has 1 unspecified atom stereocenters. The van der Waals surface area contributed by atoms with Gasteiger partial charge in [0.05, 0.1) is 50.1 Å². The third kappa shape index (κ3) is 7.72. The van der Waals surface area contributed by atoms with Gasteiger partial charge in [0.2, 0.25) is 15.0 Å². The number of halogens is 1. The molecule has 0 spiro atoms. The molecule has 4 rings (SSSR count). The van der Waals surface area contributed by atoms with Crippen LogP contribution in [0.4, 0.5) is 4.39 Å². The third-order valence-corrected chi connectivity index (χ3v) is 8.68. The summed E-state index contributed by atoms with van der Waals surface area (Å²) in [6, 6.07) is 6.09. The second-order valence-corrected chi connectivity index (χ2v) is 12.4. The minimum Gasteiger partial charge on any atom is -0.379 e. The first-order valence-electron chi connectivity index (χ1n) is 13.2. The SMILES string of the molecule is CC(C)NC(=S)N(CCN1CCOCC1)Cc1cnc(S(=O)(=O)Cc2ccccc2F)n1CC1CCCO1. The molecule has 2 fully saturated rings. The Labute approximate surface area is 230 Å². The normalized spacial score (nSPS) is 18.7. The maximum absolute atomic E-state index is 14.3.